The maximum absolute atomic E-state index is 14.5. The summed E-state index contributed by atoms with van der Waals surface area (Å²) in [6, 6.07) is 12.4. The van der Waals surface area contributed by atoms with E-state index in [9.17, 15) is 13.2 Å². The SMILES string of the molecule is CCCCC(F)(F)c1ccc(-c2ccc([C@H]3CC[C@H](CCCC)CC3)cc2)cc1F. The van der Waals surface area contributed by atoms with Crippen molar-refractivity contribution in [2.75, 3.05) is 0 Å². The monoisotopic (exact) mass is 416 g/mol. The summed E-state index contributed by atoms with van der Waals surface area (Å²) in [5.74, 6) is -2.44. The highest BCUT2D eigenvalue weighted by molar-refractivity contribution is 5.64. The molecule has 3 rings (SSSR count). The molecule has 0 N–H and O–H groups in total. The van der Waals surface area contributed by atoms with Gasteiger partial charge in [0.2, 0.25) is 0 Å². The van der Waals surface area contributed by atoms with Gasteiger partial charge < -0.3 is 0 Å². The van der Waals surface area contributed by atoms with Gasteiger partial charge >= 0.3 is 0 Å². The molecule has 0 unspecified atom stereocenters. The van der Waals surface area contributed by atoms with E-state index < -0.39 is 17.3 Å². The minimum absolute atomic E-state index is 0.310. The Labute approximate surface area is 179 Å². The molecule has 2 aromatic carbocycles. The zero-order valence-corrected chi connectivity index (χ0v) is 18.4. The van der Waals surface area contributed by atoms with Crippen LogP contribution in [-0.4, -0.2) is 0 Å². The van der Waals surface area contributed by atoms with E-state index in [1.807, 2.05) is 19.1 Å². The van der Waals surface area contributed by atoms with Crippen molar-refractivity contribution in [2.24, 2.45) is 5.92 Å². The molecule has 0 radical (unpaired) electrons. The lowest BCUT2D eigenvalue weighted by atomic mass is 9.77. The lowest BCUT2D eigenvalue weighted by Crippen LogP contribution is -2.15. The first-order valence-electron chi connectivity index (χ1n) is 11.7. The molecule has 0 aliphatic heterocycles. The summed E-state index contributed by atoms with van der Waals surface area (Å²) in [6.45, 7) is 4.11. The largest absolute Gasteiger partial charge is 0.276 e. The molecule has 3 heteroatoms. The molecule has 1 aliphatic carbocycles. The van der Waals surface area contributed by atoms with Crippen LogP contribution in [-0.2, 0) is 5.92 Å². The van der Waals surface area contributed by atoms with Crippen LogP contribution < -0.4 is 0 Å². The molecule has 0 amide bonds. The molecule has 0 spiro atoms. The fraction of sp³-hybridized carbons (Fsp3) is 0.556. The molecule has 0 bridgehead atoms. The van der Waals surface area contributed by atoms with Gasteiger partial charge in [0.05, 0.1) is 5.56 Å². The van der Waals surface area contributed by atoms with Gasteiger partial charge in [-0.15, -0.1) is 0 Å². The highest BCUT2D eigenvalue weighted by Crippen LogP contribution is 2.39. The third kappa shape index (κ3) is 5.68. The summed E-state index contributed by atoms with van der Waals surface area (Å²) in [5.41, 5.74) is 2.38. The molecule has 164 valence electrons. The van der Waals surface area contributed by atoms with Crippen LogP contribution >= 0.6 is 0 Å². The lowest BCUT2D eigenvalue weighted by Gasteiger charge is -2.29. The van der Waals surface area contributed by atoms with E-state index in [4.69, 9.17) is 0 Å². The normalized spacial score (nSPS) is 19.8. The Kier molecular flexibility index (Phi) is 8.02. The van der Waals surface area contributed by atoms with Crippen LogP contribution in [0.25, 0.3) is 11.1 Å². The average molecular weight is 417 g/mol. The second-order valence-electron chi connectivity index (χ2n) is 8.98. The van der Waals surface area contributed by atoms with Crippen LogP contribution in [0.5, 0.6) is 0 Å². The highest BCUT2D eigenvalue weighted by Gasteiger charge is 2.33. The van der Waals surface area contributed by atoms with Crippen molar-refractivity contribution in [2.45, 2.75) is 89.9 Å². The molecular formula is C27H35F3. The van der Waals surface area contributed by atoms with Gasteiger partial charge in [0, 0.05) is 6.42 Å². The minimum atomic E-state index is -3.11. The number of unbranched alkanes of at least 4 members (excludes halogenated alkanes) is 2. The Morgan fingerprint density at radius 1 is 0.833 bits per heavy atom. The van der Waals surface area contributed by atoms with Gasteiger partial charge in [0.25, 0.3) is 5.92 Å². The van der Waals surface area contributed by atoms with Crippen LogP contribution in [0.15, 0.2) is 42.5 Å². The van der Waals surface area contributed by atoms with Crippen LogP contribution in [0.4, 0.5) is 13.2 Å². The van der Waals surface area contributed by atoms with Crippen LogP contribution in [0, 0.1) is 11.7 Å². The zero-order valence-electron chi connectivity index (χ0n) is 18.4. The van der Waals surface area contributed by atoms with Gasteiger partial charge in [-0.05, 0) is 72.8 Å². The molecule has 30 heavy (non-hydrogen) atoms. The van der Waals surface area contributed by atoms with Gasteiger partial charge in [-0.2, -0.15) is 0 Å². The van der Waals surface area contributed by atoms with Crippen molar-refractivity contribution in [3.05, 3.63) is 59.4 Å². The number of hydrogen-bond acceptors (Lipinski definition) is 0. The van der Waals surface area contributed by atoms with Crippen molar-refractivity contribution in [1.29, 1.82) is 0 Å². The Bertz CT molecular complexity index is 786. The molecule has 0 atom stereocenters. The lowest BCUT2D eigenvalue weighted by molar-refractivity contribution is -0.0187. The van der Waals surface area contributed by atoms with Crippen LogP contribution in [0.1, 0.15) is 95.1 Å². The summed E-state index contributed by atoms with van der Waals surface area (Å²) < 4.78 is 43.0. The Hall–Kier alpha value is -1.77. The molecule has 1 fully saturated rings. The molecule has 2 aromatic rings. The van der Waals surface area contributed by atoms with Gasteiger partial charge in [-0.3, -0.25) is 0 Å². The summed E-state index contributed by atoms with van der Waals surface area (Å²) in [7, 11) is 0. The molecule has 0 heterocycles. The van der Waals surface area contributed by atoms with Gasteiger partial charge in [-0.25, -0.2) is 13.2 Å². The standard InChI is InChI=1S/C27H35F3/c1-3-5-7-20-8-10-21(11-9-20)22-12-14-23(15-13-22)24-16-17-25(26(28)19-24)27(29,30)18-6-4-2/h12-17,19-21H,3-11,18H2,1-2H3/t20-,21-. The number of benzene rings is 2. The maximum atomic E-state index is 14.5. The molecule has 0 saturated heterocycles. The van der Waals surface area contributed by atoms with E-state index in [0.717, 1.165) is 11.5 Å². The van der Waals surface area contributed by atoms with Crippen LogP contribution in [0.2, 0.25) is 0 Å². The first kappa shape index (κ1) is 22.9. The quantitative estimate of drug-likeness (QED) is 0.382. The van der Waals surface area contributed by atoms with E-state index in [0.29, 0.717) is 24.3 Å². The summed E-state index contributed by atoms with van der Waals surface area (Å²) >= 11 is 0. The number of alkyl halides is 2. The second kappa shape index (κ2) is 10.5. The minimum Gasteiger partial charge on any atom is -0.206 e. The van der Waals surface area contributed by atoms with Gasteiger partial charge in [0.1, 0.15) is 5.82 Å². The van der Waals surface area contributed by atoms with Crippen molar-refractivity contribution in [3.8, 4) is 11.1 Å². The van der Waals surface area contributed by atoms with Crippen molar-refractivity contribution < 1.29 is 13.2 Å². The summed E-state index contributed by atoms with van der Waals surface area (Å²) in [6.07, 6.45) is 9.82. The smallest absolute Gasteiger partial charge is 0.206 e. The first-order valence-corrected chi connectivity index (χ1v) is 11.7. The van der Waals surface area contributed by atoms with Crippen molar-refractivity contribution in [3.63, 3.8) is 0 Å². The second-order valence-corrected chi connectivity index (χ2v) is 8.98. The first-order chi connectivity index (χ1) is 14.4. The topological polar surface area (TPSA) is 0 Å². The van der Waals surface area contributed by atoms with Crippen molar-refractivity contribution in [1.82, 2.24) is 0 Å². The fourth-order valence-electron chi connectivity index (χ4n) is 4.75. The fourth-order valence-corrected chi connectivity index (χ4v) is 4.75. The van der Waals surface area contributed by atoms with Crippen LogP contribution in [0.3, 0.4) is 0 Å². The Balaban J connectivity index is 1.66. The highest BCUT2D eigenvalue weighted by atomic mass is 19.3. The Morgan fingerprint density at radius 2 is 1.47 bits per heavy atom. The number of hydrogen-bond donors (Lipinski definition) is 0. The molecule has 0 nitrogen and oxygen atoms in total. The van der Waals surface area contributed by atoms with E-state index in [1.165, 1.54) is 62.6 Å². The van der Waals surface area contributed by atoms with E-state index in [1.54, 1.807) is 6.07 Å². The summed E-state index contributed by atoms with van der Waals surface area (Å²) in [5, 5.41) is 0. The molecule has 1 saturated carbocycles. The Morgan fingerprint density at radius 3 is 2.07 bits per heavy atom. The van der Waals surface area contributed by atoms with Crippen molar-refractivity contribution >= 4 is 0 Å². The third-order valence-corrected chi connectivity index (χ3v) is 6.74. The van der Waals surface area contributed by atoms with E-state index >= 15 is 0 Å². The number of rotatable bonds is 9. The van der Waals surface area contributed by atoms with E-state index in [2.05, 4.69) is 19.1 Å². The molecule has 1 aliphatic rings. The third-order valence-electron chi connectivity index (χ3n) is 6.74. The summed E-state index contributed by atoms with van der Waals surface area (Å²) in [4.78, 5) is 0. The predicted octanol–water partition coefficient (Wildman–Crippen LogP) is 9.24. The van der Waals surface area contributed by atoms with Gasteiger partial charge in [0.15, 0.2) is 0 Å². The van der Waals surface area contributed by atoms with Gasteiger partial charge in [-0.1, -0.05) is 69.9 Å². The molecular weight excluding hydrogens is 381 g/mol. The van der Waals surface area contributed by atoms with E-state index in [-0.39, 0.29) is 6.42 Å². The molecule has 0 aromatic heterocycles. The maximum Gasteiger partial charge on any atom is 0.276 e. The zero-order chi connectivity index (χ0) is 21.6. The average Bonchev–Trinajstić information content (AvgIpc) is 2.76. The predicted molar refractivity (Wildman–Crippen MR) is 119 cm³/mol. The number of halogens is 3.